The van der Waals surface area contributed by atoms with E-state index in [1.54, 1.807) is 42.5 Å². The number of rotatable bonds is 2. The zero-order valence-corrected chi connectivity index (χ0v) is 13.2. The van der Waals surface area contributed by atoms with Crippen molar-refractivity contribution in [1.82, 2.24) is 0 Å². The average molecular weight is 366 g/mol. The molecule has 1 aliphatic rings. The molecule has 3 aromatic rings. The Bertz CT molecular complexity index is 1100. The van der Waals surface area contributed by atoms with Crippen molar-refractivity contribution in [3.05, 3.63) is 54.6 Å². The summed E-state index contributed by atoms with van der Waals surface area (Å²) in [6.45, 7) is 0. The summed E-state index contributed by atoms with van der Waals surface area (Å²) in [5.74, 6) is 0.656. The summed E-state index contributed by atoms with van der Waals surface area (Å²) in [7, 11) is -5.75. The van der Waals surface area contributed by atoms with E-state index in [0.717, 1.165) is 0 Å². The molecule has 0 saturated carbocycles. The normalized spacial score (nSPS) is 13.2. The van der Waals surface area contributed by atoms with Crippen LogP contribution in [0.5, 0.6) is 17.2 Å². The number of halogens is 3. The van der Waals surface area contributed by atoms with Crippen LogP contribution < -0.4 is 8.92 Å². The maximum atomic E-state index is 12.6. The van der Waals surface area contributed by atoms with Crippen LogP contribution in [0.2, 0.25) is 0 Å². The number of hydrogen-bond donors (Lipinski definition) is 0. The minimum absolute atomic E-state index is 0.409. The van der Waals surface area contributed by atoms with E-state index in [1.165, 1.54) is 12.1 Å². The lowest BCUT2D eigenvalue weighted by Gasteiger charge is -2.22. The van der Waals surface area contributed by atoms with Gasteiger partial charge in [-0.3, -0.25) is 0 Å². The van der Waals surface area contributed by atoms with Crippen molar-refractivity contribution in [2.75, 3.05) is 0 Å². The van der Waals surface area contributed by atoms with Crippen LogP contribution in [0.25, 0.3) is 21.9 Å². The SMILES string of the molecule is O=S(=O)(Oc1cc2c3c(cccc3c1)Oc1ccccc1-2)C(F)(F)F. The second kappa shape index (κ2) is 5.13. The molecule has 0 fully saturated rings. The minimum Gasteiger partial charge on any atom is -0.456 e. The summed E-state index contributed by atoms with van der Waals surface area (Å²) < 4.78 is 70.5. The molecule has 4 rings (SSSR count). The third-order valence-corrected chi connectivity index (χ3v) is 4.78. The molecule has 0 aliphatic carbocycles. The maximum Gasteiger partial charge on any atom is 0.534 e. The third-order valence-electron chi connectivity index (χ3n) is 3.80. The van der Waals surface area contributed by atoms with Gasteiger partial charge in [0.1, 0.15) is 17.2 Å². The van der Waals surface area contributed by atoms with Crippen molar-refractivity contribution < 1.29 is 30.5 Å². The van der Waals surface area contributed by atoms with Crippen molar-refractivity contribution >= 4 is 20.9 Å². The molecular weight excluding hydrogens is 357 g/mol. The predicted octanol–water partition coefficient (Wildman–Crippen LogP) is 4.84. The highest BCUT2D eigenvalue weighted by molar-refractivity contribution is 7.88. The van der Waals surface area contributed by atoms with Gasteiger partial charge in [-0.15, -0.1) is 0 Å². The van der Waals surface area contributed by atoms with Gasteiger partial charge in [-0.25, -0.2) is 0 Å². The summed E-state index contributed by atoms with van der Waals surface area (Å²) >= 11 is 0. The average Bonchev–Trinajstić information content (AvgIpc) is 2.53. The van der Waals surface area contributed by atoms with Gasteiger partial charge in [-0.05, 0) is 29.7 Å². The summed E-state index contributed by atoms with van der Waals surface area (Å²) in [4.78, 5) is 0. The van der Waals surface area contributed by atoms with Gasteiger partial charge in [0.2, 0.25) is 0 Å². The number of alkyl halides is 3. The summed E-state index contributed by atoms with van der Waals surface area (Å²) in [6.07, 6.45) is 0. The summed E-state index contributed by atoms with van der Waals surface area (Å²) in [5.41, 5.74) is -4.31. The van der Waals surface area contributed by atoms with Crippen LogP contribution in [0.1, 0.15) is 0 Å². The lowest BCUT2D eigenvalue weighted by Crippen LogP contribution is -2.28. The molecule has 3 aromatic carbocycles. The molecule has 0 unspecified atom stereocenters. The van der Waals surface area contributed by atoms with E-state index in [1.807, 2.05) is 0 Å². The van der Waals surface area contributed by atoms with E-state index in [0.29, 0.717) is 33.4 Å². The topological polar surface area (TPSA) is 52.6 Å². The van der Waals surface area contributed by atoms with Crippen molar-refractivity contribution in [3.8, 4) is 28.4 Å². The van der Waals surface area contributed by atoms with Crippen LogP contribution in [0.15, 0.2) is 54.6 Å². The van der Waals surface area contributed by atoms with Crippen LogP contribution in [-0.4, -0.2) is 13.9 Å². The Balaban J connectivity index is 1.95. The fourth-order valence-electron chi connectivity index (χ4n) is 2.78. The molecular formula is C17H9F3O4S. The predicted molar refractivity (Wildman–Crippen MR) is 85.1 cm³/mol. The fraction of sp³-hybridized carbons (Fsp3) is 0.0588. The van der Waals surface area contributed by atoms with Gasteiger partial charge in [0.25, 0.3) is 0 Å². The van der Waals surface area contributed by atoms with Crippen molar-refractivity contribution in [1.29, 1.82) is 0 Å². The molecule has 0 bridgehead atoms. The monoisotopic (exact) mass is 366 g/mol. The largest absolute Gasteiger partial charge is 0.534 e. The van der Waals surface area contributed by atoms with Crippen LogP contribution in [0, 0.1) is 0 Å². The highest BCUT2D eigenvalue weighted by Gasteiger charge is 2.48. The quantitative estimate of drug-likeness (QED) is 0.376. The van der Waals surface area contributed by atoms with Gasteiger partial charge in [0.15, 0.2) is 0 Å². The van der Waals surface area contributed by atoms with Gasteiger partial charge in [0, 0.05) is 16.5 Å². The molecule has 0 radical (unpaired) electrons. The number of hydrogen-bond acceptors (Lipinski definition) is 4. The van der Waals surface area contributed by atoms with Crippen molar-refractivity contribution in [2.24, 2.45) is 0 Å². The van der Waals surface area contributed by atoms with Crippen molar-refractivity contribution in [3.63, 3.8) is 0 Å². The highest BCUT2D eigenvalue weighted by Crippen LogP contribution is 2.47. The molecule has 128 valence electrons. The zero-order valence-electron chi connectivity index (χ0n) is 12.4. The molecule has 0 spiro atoms. The van der Waals surface area contributed by atoms with Gasteiger partial charge in [-0.1, -0.05) is 30.3 Å². The van der Waals surface area contributed by atoms with Crippen LogP contribution in [0.4, 0.5) is 13.2 Å². The molecule has 0 saturated heterocycles. The Morgan fingerprint density at radius 1 is 0.880 bits per heavy atom. The molecule has 0 N–H and O–H groups in total. The molecule has 8 heteroatoms. The minimum atomic E-state index is -5.75. The maximum absolute atomic E-state index is 12.6. The Labute approximate surface area is 140 Å². The van der Waals surface area contributed by atoms with Gasteiger partial charge >= 0.3 is 15.6 Å². The summed E-state index contributed by atoms with van der Waals surface area (Å²) in [6, 6.07) is 14.5. The van der Waals surface area contributed by atoms with Crippen LogP contribution in [-0.2, 0) is 10.1 Å². The molecule has 0 atom stereocenters. The second-order valence-corrected chi connectivity index (χ2v) is 6.94. The number of fused-ring (bicyclic) bond motifs is 2. The smallest absolute Gasteiger partial charge is 0.456 e. The van der Waals surface area contributed by atoms with Crippen LogP contribution in [0.3, 0.4) is 0 Å². The first-order valence-corrected chi connectivity index (χ1v) is 8.52. The van der Waals surface area contributed by atoms with E-state index in [9.17, 15) is 21.6 Å². The second-order valence-electron chi connectivity index (χ2n) is 5.41. The number of benzene rings is 3. The highest BCUT2D eigenvalue weighted by atomic mass is 32.2. The first-order valence-electron chi connectivity index (χ1n) is 7.11. The Morgan fingerprint density at radius 3 is 2.36 bits per heavy atom. The third kappa shape index (κ3) is 2.49. The van der Waals surface area contributed by atoms with Gasteiger partial charge < -0.3 is 8.92 Å². The van der Waals surface area contributed by atoms with Crippen molar-refractivity contribution in [2.45, 2.75) is 5.51 Å². The Kier molecular flexibility index (Phi) is 3.23. The molecule has 4 nitrogen and oxygen atoms in total. The lowest BCUT2D eigenvalue weighted by atomic mass is 9.94. The van der Waals surface area contributed by atoms with Crippen LogP contribution >= 0.6 is 0 Å². The van der Waals surface area contributed by atoms with Gasteiger partial charge in [-0.2, -0.15) is 21.6 Å². The van der Waals surface area contributed by atoms with E-state index in [-0.39, 0.29) is 0 Å². The number of para-hydroxylation sites is 1. The Hall–Kier alpha value is -2.74. The van der Waals surface area contributed by atoms with E-state index in [4.69, 9.17) is 4.74 Å². The molecule has 0 amide bonds. The zero-order chi connectivity index (χ0) is 17.8. The lowest BCUT2D eigenvalue weighted by molar-refractivity contribution is -0.0500. The molecule has 25 heavy (non-hydrogen) atoms. The van der Waals surface area contributed by atoms with E-state index in [2.05, 4.69) is 4.18 Å². The fourth-order valence-corrected chi connectivity index (χ4v) is 3.23. The first kappa shape index (κ1) is 15.8. The molecule has 0 aromatic heterocycles. The molecule has 1 aliphatic heterocycles. The van der Waals surface area contributed by atoms with E-state index < -0.39 is 21.4 Å². The Morgan fingerprint density at radius 2 is 1.60 bits per heavy atom. The molecule has 1 heterocycles. The van der Waals surface area contributed by atoms with E-state index >= 15 is 0 Å². The number of ether oxygens (including phenoxy) is 1. The van der Waals surface area contributed by atoms with Gasteiger partial charge in [0.05, 0.1) is 0 Å². The summed E-state index contributed by atoms with van der Waals surface area (Å²) in [5, 5.41) is 1.19. The first-order chi connectivity index (χ1) is 11.8. The standard InChI is InChI=1S/C17H9F3O4S/c18-17(19,20)25(21,22)24-11-8-10-4-3-7-15-16(10)13(9-11)12-5-1-2-6-14(12)23-15/h1-9H.